The van der Waals surface area contributed by atoms with Crippen LogP contribution in [0.2, 0.25) is 0 Å². The Morgan fingerprint density at radius 1 is 0.814 bits per heavy atom. The maximum atomic E-state index is 13.8. The smallest absolute Gasteiger partial charge is 0.418 e. The van der Waals surface area contributed by atoms with Gasteiger partial charge in [-0.15, -0.1) is 0 Å². The summed E-state index contributed by atoms with van der Waals surface area (Å²) in [7, 11) is 0. The monoisotopic (exact) mass is 619 g/mol. The fourth-order valence-corrected chi connectivity index (χ4v) is 3.73. The second-order valence-corrected chi connectivity index (χ2v) is 8.88. The molecule has 1 fully saturated rings. The molecule has 17 heteroatoms. The van der Waals surface area contributed by atoms with E-state index in [4.69, 9.17) is 33.2 Å². The van der Waals surface area contributed by atoms with Gasteiger partial charge in [-0.25, -0.2) is 0 Å². The molecule has 2 aromatic rings. The predicted octanol–water partition coefficient (Wildman–Crippen LogP) is 4.13. The van der Waals surface area contributed by atoms with Crippen molar-refractivity contribution in [3.63, 3.8) is 0 Å². The first-order valence-electron chi connectivity index (χ1n) is 13.2. The molecule has 1 N–H and O–H groups in total. The third-order valence-corrected chi connectivity index (χ3v) is 5.73. The zero-order valence-electron chi connectivity index (χ0n) is 23.0. The maximum absolute atomic E-state index is 13.8. The molecule has 2 aromatic carbocycles. The van der Waals surface area contributed by atoms with Crippen molar-refractivity contribution in [1.82, 2.24) is 0 Å². The van der Waals surface area contributed by atoms with Crippen molar-refractivity contribution in [3.05, 3.63) is 62.2 Å². The van der Waals surface area contributed by atoms with Gasteiger partial charge in [-0.05, 0) is 12.1 Å². The number of nitro benzene ring substituents is 2. The van der Waals surface area contributed by atoms with Gasteiger partial charge in [-0.3, -0.25) is 20.2 Å². The molecule has 0 bridgehead atoms. The Morgan fingerprint density at radius 3 is 1.95 bits per heavy atom. The molecule has 1 aliphatic rings. The first-order chi connectivity index (χ1) is 20.6. The van der Waals surface area contributed by atoms with Gasteiger partial charge in [-0.2, -0.15) is 13.2 Å². The summed E-state index contributed by atoms with van der Waals surface area (Å²) in [5, 5.41) is 25.0. The Kier molecular flexibility index (Phi) is 13.8. The van der Waals surface area contributed by atoms with E-state index in [1.165, 1.54) is 24.3 Å². The van der Waals surface area contributed by atoms with E-state index in [0.717, 1.165) is 0 Å². The number of hydrogen-bond acceptors (Lipinski definition) is 12. The van der Waals surface area contributed by atoms with E-state index in [2.05, 4.69) is 5.32 Å². The Hall–Kier alpha value is -3.61. The lowest BCUT2D eigenvalue weighted by Crippen LogP contribution is -2.29. The second-order valence-electron chi connectivity index (χ2n) is 8.88. The molecular weight excluding hydrogens is 587 g/mol. The standard InChI is InChI=1S/C26H32F3N3O11/c27-26(28,29)23-15-20(31(33)34)16-24(32(35)36)25(23)30-19-2-1-3-21(14-19)43-18-22-17-41-11-10-39-7-6-37-4-5-38-8-9-40-12-13-42-22/h1-3,14-16,22,30H,4-13,17-18H2. The highest BCUT2D eigenvalue weighted by Crippen LogP contribution is 2.43. The largest absolute Gasteiger partial charge is 0.491 e. The lowest BCUT2D eigenvalue weighted by Gasteiger charge is -2.20. The number of anilines is 2. The van der Waals surface area contributed by atoms with Crippen LogP contribution >= 0.6 is 0 Å². The van der Waals surface area contributed by atoms with E-state index in [-0.39, 0.29) is 50.5 Å². The quantitative estimate of drug-likeness (QED) is 0.349. The van der Waals surface area contributed by atoms with Crippen LogP contribution in [0.1, 0.15) is 5.56 Å². The minimum atomic E-state index is -5.12. The van der Waals surface area contributed by atoms with E-state index in [1.54, 1.807) is 0 Å². The number of nitrogens with one attached hydrogen (secondary N) is 1. The Morgan fingerprint density at radius 2 is 1.40 bits per heavy atom. The van der Waals surface area contributed by atoms with Gasteiger partial charge < -0.3 is 38.5 Å². The predicted molar refractivity (Wildman–Crippen MR) is 144 cm³/mol. The molecule has 1 atom stereocenters. The topological polar surface area (TPSA) is 163 Å². The van der Waals surface area contributed by atoms with Crippen LogP contribution in [0.4, 0.5) is 35.9 Å². The van der Waals surface area contributed by atoms with Gasteiger partial charge in [0.05, 0.1) is 94.2 Å². The summed E-state index contributed by atoms with van der Waals surface area (Å²) < 4.78 is 80.2. The molecule has 1 aliphatic heterocycles. The maximum Gasteiger partial charge on any atom is 0.418 e. The zero-order chi connectivity index (χ0) is 31.1. The average Bonchev–Trinajstić information content (AvgIpc) is 2.96. The molecule has 14 nitrogen and oxygen atoms in total. The fourth-order valence-electron chi connectivity index (χ4n) is 3.73. The molecule has 0 aliphatic carbocycles. The molecule has 0 spiro atoms. The first-order valence-corrected chi connectivity index (χ1v) is 13.2. The third-order valence-electron chi connectivity index (χ3n) is 5.73. The van der Waals surface area contributed by atoms with Crippen LogP contribution in [0.5, 0.6) is 5.75 Å². The van der Waals surface area contributed by atoms with Crippen molar-refractivity contribution in [2.24, 2.45) is 0 Å². The highest BCUT2D eigenvalue weighted by molar-refractivity contribution is 5.76. The van der Waals surface area contributed by atoms with E-state index >= 15 is 0 Å². The van der Waals surface area contributed by atoms with Crippen molar-refractivity contribution in [1.29, 1.82) is 0 Å². The molecular formula is C26H32F3N3O11. The Bertz CT molecular complexity index is 1170. The third kappa shape index (κ3) is 11.9. The summed E-state index contributed by atoms with van der Waals surface area (Å²) in [4.78, 5) is 20.4. The van der Waals surface area contributed by atoms with Gasteiger partial charge in [0.2, 0.25) is 0 Å². The first kappa shape index (κ1) is 33.9. The number of ether oxygens (including phenoxy) is 7. The van der Waals surface area contributed by atoms with Crippen LogP contribution in [0.3, 0.4) is 0 Å². The molecule has 1 unspecified atom stereocenters. The molecule has 0 amide bonds. The minimum Gasteiger partial charge on any atom is -0.491 e. The normalized spacial score (nSPS) is 18.6. The van der Waals surface area contributed by atoms with Crippen LogP contribution < -0.4 is 10.1 Å². The number of benzene rings is 2. The summed E-state index contributed by atoms with van der Waals surface area (Å²) >= 11 is 0. The summed E-state index contributed by atoms with van der Waals surface area (Å²) in [6, 6.07) is 6.38. The van der Waals surface area contributed by atoms with Crippen molar-refractivity contribution in [2.45, 2.75) is 12.3 Å². The Balaban J connectivity index is 1.68. The van der Waals surface area contributed by atoms with E-state index < -0.39 is 44.8 Å². The number of halogens is 3. The number of nitro groups is 2. The molecule has 0 aromatic heterocycles. The molecule has 1 heterocycles. The van der Waals surface area contributed by atoms with Gasteiger partial charge >= 0.3 is 6.18 Å². The lowest BCUT2D eigenvalue weighted by molar-refractivity contribution is -0.394. The number of alkyl halides is 3. The van der Waals surface area contributed by atoms with Gasteiger partial charge in [0.15, 0.2) is 0 Å². The number of nitrogens with zero attached hydrogens (tertiary/aromatic N) is 2. The van der Waals surface area contributed by atoms with Crippen LogP contribution in [0.15, 0.2) is 36.4 Å². The van der Waals surface area contributed by atoms with Crippen LogP contribution in [0, 0.1) is 20.2 Å². The zero-order valence-corrected chi connectivity index (χ0v) is 23.0. The van der Waals surface area contributed by atoms with E-state index in [9.17, 15) is 33.4 Å². The highest BCUT2D eigenvalue weighted by Gasteiger charge is 2.39. The van der Waals surface area contributed by atoms with E-state index in [0.29, 0.717) is 52.3 Å². The lowest BCUT2D eigenvalue weighted by atomic mass is 10.1. The Labute approximate surface area is 244 Å². The molecule has 1 saturated heterocycles. The molecule has 3 rings (SSSR count). The minimum absolute atomic E-state index is 0.00720. The summed E-state index contributed by atoms with van der Waals surface area (Å²) in [5.74, 6) is 0.211. The van der Waals surface area contributed by atoms with Crippen molar-refractivity contribution in [3.8, 4) is 5.75 Å². The second kappa shape index (κ2) is 17.5. The summed E-state index contributed by atoms with van der Waals surface area (Å²) in [6.45, 7) is 3.74. The number of rotatable bonds is 7. The van der Waals surface area contributed by atoms with Gasteiger partial charge in [-0.1, -0.05) is 6.07 Å². The van der Waals surface area contributed by atoms with Gasteiger partial charge in [0.1, 0.15) is 24.1 Å². The number of non-ortho nitro benzene ring substituents is 1. The van der Waals surface area contributed by atoms with Crippen LogP contribution in [-0.4, -0.2) is 95.2 Å². The molecule has 43 heavy (non-hydrogen) atoms. The van der Waals surface area contributed by atoms with Crippen molar-refractivity contribution < 1.29 is 56.2 Å². The van der Waals surface area contributed by atoms with Crippen LogP contribution in [0.25, 0.3) is 0 Å². The molecule has 0 radical (unpaired) electrons. The summed E-state index contributed by atoms with van der Waals surface area (Å²) in [6.07, 6.45) is -5.67. The molecule has 0 saturated carbocycles. The van der Waals surface area contributed by atoms with Crippen molar-refractivity contribution in [2.75, 3.05) is 84.6 Å². The highest BCUT2D eigenvalue weighted by atomic mass is 19.4. The van der Waals surface area contributed by atoms with Crippen molar-refractivity contribution >= 4 is 22.7 Å². The number of hydrogen-bond donors (Lipinski definition) is 1. The van der Waals surface area contributed by atoms with E-state index in [1.807, 2.05) is 0 Å². The van der Waals surface area contributed by atoms with Gasteiger partial charge in [0, 0.05) is 17.8 Å². The summed E-state index contributed by atoms with van der Waals surface area (Å²) in [5.41, 5.74) is -4.67. The SMILES string of the molecule is O=[N+]([O-])c1cc([N+](=O)[O-])c(Nc2cccc(OCC3COCCOCCOCCOCCOCCO3)c2)c(C(F)(F)F)c1. The fraction of sp³-hybridized carbons (Fsp3) is 0.538. The van der Waals surface area contributed by atoms with Crippen LogP contribution in [-0.2, 0) is 34.6 Å². The van der Waals surface area contributed by atoms with Gasteiger partial charge in [0.25, 0.3) is 11.4 Å². The average molecular weight is 620 g/mol. The molecule has 238 valence electrons.